The van der Waals surface area contributed by atoms with Crippen LogP contribution in [0.3, 0.4) is 0 Å². The summed E-state index contributed by atoms with van der Waals surface area (Å²) in [5, 5.41) is 11.3. The van der Waals surface area contributed by atoms with Crippen molar-refractivity contribution in [3.63, 3.8) is 0 Å². The summed E-state index contributed by atoms with van der Waals surface area (Å²) in [6.45, 7) is 0.566. The number of benzene rings is 2. The molecule has 106 valence electrons. The Morgan fingerprint density at radius 2 is 1.80 bits per heavy atom. The van der Waals surface area contributed by atoms with Crippen LogP contribution in [0, 0.1) is 0 Å². The fraction of sp³-hybridized carbons (Fsp3) is 0.250. The number of halogens is 2. The van der Waals surface area contributed by atoms with Gasteiger partial charge in [-0.1, -0.05) is 59.6 Å². The van der Waals surface area contributed by atoms with E-state index in [2.05, 4.69) is 0 Å². The Morgan fingerprint density at radius 1 is 1.10 bits per heavy atom. The van der Waals surface area contributed by atoms with Crippen LogP contribution >= 0.6 is 23.2 Å². The van der Waals surface area contributed by atoms with Crippen molar-refractivity contribution >= 4 is 23.2 Å². The summed E-state index contributed by atoms with van der Waals surface area (Å²) >= 11 is 12.1. The molecule has 2 nitrogen and oxygen atoms in total. The van der Waals surface area contributed by atoms with Gasteiger partial charge in [-0.05, 0) is 22.8 Å². The second-order valence-electron chi connectivity index (χ2n) is 4.61. The van der Waals surface area contributed by atoms with Crippen molar-refractivity contribution in [2.75, 3.05) is 7.11 Å². The Labute approximate surface area is 128 Å². The molecule has 0 aliphatic heterocycles. The van der Waals surface area contributed by atoms with Crippen LogP contribution in [-0.2, 0) is 17.8 Å². The zero-order valence-corrected chi connectivity index (χ0v) is 12.7. The second-order valence-corrected chi connectivity index (χ2v) is 5.39. The predicted molar refractivity (Wildman–Crippen MR) is 82.3 cm³/mol. The lowest BCUT2D eigenvalue weighted by molar-refractivity contribution is 0.177. The third-order valence-corrected chi connectivity index (χ3v) is 3.98. The molecule has 0 radical (unpaired) electrons. The third kappa shape index (κ3) is 3.74. The largest absolute Gasteiger partial charge is 0.388 e. The SMILES string of the molecule is COCc1ccc(C(O)Cc2cccc(Cl)c2Cl)cc1. The molecular formula is C16H16Cl2O2. The summed E-state index contributed by atoms with van der Waals surface area (Å²) in [6.07, 6.45) is -0.175. The van der Waals surface area contributed by atoms with Crippen molar-refractivity contribution in [1.82, 2.24) is 0 Å². The average molecular weight is 311 g/mol. The van der Waals surface area contributed by atoms with E-state index in [-0.39, 0.29) is 0 Å². The van der Waals surface area contributed by atoms with Crippen molar-refractivity contribution < 1.29 is 9.84 Å². The van der Waals surface area contributed by atoms with Crippen LogP contribution in [0.15, 0.2) is 42.5 Å². The van der Waals surface area contributed by atoms with E-state index >= 15 is 0 Å². The van der Waals surface area contributed by atoms with E-state index in [0.29, 0.717) is 23.1 Å². The molecule has 0 bridgehead atoms. The van der Waals surface area contributed by atoms with Gasteiger partial charge in [0.15, 0.2) is 0 Å². The van der Waals surface area contributed by atoms with Crippen molar-refractivity contribution in [2.45, 2.75) is 19.1 Å². The van der Waals surface area contributed by atoms with Gasteiger partial charge in [-0.25, -0.2) is 0 Å². The molecule has 0 heterocycles. The van der Waals surface area contributed by atoms with Crippen LogP contribution in [0.25, 0.3) is 0 Å². The van der Waals surface area contributed by atoms with Gasteiger partial charge in [0.2, 0.25) is 0 Å². The molecule has 0 saturated carbocycles. The van der Waals surface area contributed by atoms with Crippen molar-refractivity contribution in [3.05, 3.63) is 69.2 Å². The Kier molecular flexibility index (Phi) is 5.44. The minimum atomic E-state index is -0.609. The smallest absolute Gasteiger partial charge is 0.0830 e. The zero-order valence-electron chi connectivity index (χ0n) is 11.1. The van der Waals surface area contributed by atoms with E-state index in [1.54, 1.807) is 13.2 Å². The van der Waals surface area contributed by atoms with E-state index in [0.717, 1.165) is 16.7 Å². The minimum Gasteiger partial charge on any atom is -0.388 e. The van der Waals surface area contributed by atoms with Gasteiger partial charge in [-0.3, -0.25) is 0 Å². The highest BCUT2D eigenvalue weighted by molar-refractivity contribution is 6.42. The average Bonchev–Trinajstić information content (AvgIpc) is 2.45. The summed E-state index contributed by atoms with van der Waals surface area (Å²) in [7, 11) is 1.66. The predicted octanol–water partition coefficient (Wildman–Crippen LogP) is 4.42. The normalized spacial score (nSPS) is 12.4. The topological polar surface area (TPSA) is 29.5 Å². The van der Waals surface area contributed by atoms with Crippen molar-refractivity contribution in [2.24, 2.45) is 0 Å². The number of hydrogen-bond acceptors (Lipinski definition) is 2. The first kappa shape index (κ1) is 15.3. The van der Waals surface area contributed by atoms with E-state index in [1.807, 2.05) is 36.4 Å². The Hall–Kier alpha value is -1.06. The molecule has 0 aromatic heterocycles. The summed E-state index contributed by atoms with van der Waals surface area (Å²) < 4.78 is 5.06. The molecule has 1 unspecified atom stereocenters. The fourth-order valence-corrected chi connectivity index (χ4v) is 2.43. The van der Waals surface area contributed by atoms with Crippen LogP contribution < -0.4 is 0 Å². The van der Waals surface area contributed by atoms with Gasteiger partial charge in [-0.15, -0.1) is 0 Å². The van der Waals surface area contributed by atoms with Gasteiger partial charge in [0, 0.05) is 13.5 Å². The molecule has 0 fully saturated rings. The summed E-state index contributed by atoms with van der Waals surface area (Å²) in [5.41, 5.74) is 2.76. The molecule has 0 amide bonds. The molecule has 4 heteroatoms. The maximum Gasteiger partial charge on any atom is 0.0830 e. The summed E-state index contributed by atoms with van der Waals surface area (Å²) in [6, 6.07) is 13.1. The van der Waals surface area contributed by atoms with E-state index in [9.17, 15) is 5.11 Å². The van der Waals surface area contributed by atoms with E-state index in [4.69, 9.17) is 27.9 Å². The molecule has 20 heavy (non-hydrogen) atoms. The first-order valence-corrected chi connectivity index (χ1v) is 7.06. The highest BCUT2D eigenvalue weighted by Gasteiger charge is 2.12. The lowest BCUT2D eigenvalue weighted by Gasteiger charge is -2.13. The maximum atomic E-state index is 10.3. The molecule has 2 aromatic carbocycles. The standard InChI is InChI=1S/C16H16Cl2O2/c1-20-10-11-5-7-12(8-6-11)15(19)9-13-3-2-4-14(17)16(13)18/h2-8,15,19H,9-10H2,1H3. The molecule has 1 atom stereocenters. The van der Waals surface area contributed by atoms with E-state index < -0.39 is 6.10 Å². The monoisotopic (exact) mass is 310 g/mol. The molecule has 2 rings (SSSR count). The van der Waals surface area contributed by atoms with Crippen LogP contribution in [0.4, 0.5) is 0 Å². The molecule has 0 saturated heterocycles. The van der Waals surface area contributed by atoms with Crippen LogP contribution in [0.5, 0.6) is 0 Å². The highest BCUT2D eigenvalue weighted by Crippen LogP contribution is 2.29. The maximum absolute atomic E-state index is 10.3. The first-order valence-electron chi connectivity index (χ1n) is 6.30. The molecule has 0 aliphatic carbocycles. The number of methoxy groups -OCH3 is 1. The Morgan fingerprint density at radius 3 is 2.45 bits per heavy atom. The fourth-order valence-electron chi connectivity index (χ4n) is 2.03. The van der Waals surface area contributed by atoms with Crippen molar-refractivity contribution in [3.8, 4) is 0 Å². The number of hydrogen-bond donors (Lipinski definition) is 1. The number of rotatable bonds is 5. The number of aliphatic hydroxyl groups excluding tert-OH is 1. The second kappa shape index (κ2) is 7.09. The van der Waals surface area contributed by atoms with Gasteiger partial charge in [0.05, 0.1) is 22.8 Å². The van der Waals surface area contributed by atoms with Gasteiger partial charge >= 0.3 is 0 Å². The van der Waals surface area contributed by atoms with Gasteiger partial charge < -0.3 is 9.84 Å². The van der Waals surface area contributed by atoms with Crippen LogP contribution in [0.2, 0.25) is 10.0 Å². The highest BCUT2D eigenvalue weighted by atomic mass is 35.5. The lowest BCUT2D eigenvalue weighted by Crippen LogP contribution is -2.02. The molecule has 0 aliphatic rings. The first-order chi connectivity index (χ1) is 9.61. The van der Waals surface area contributed by atoms with Crippen LogP contribution in [-0.4, -0.2) is 12.2 Å². The molecular weight excluding hydrogens is 295 g/mol. The Bertz CT molecular complexity index is 567. The number of aliphatic hydroxyl groups is 1. The Balaban J connectivity index is 2.11. The summed E-state index contributed by atoms with van der Waals surface area (Å²) in [5.74, 6) is 0. The minimum absolute atomic E-state index is 0.434. The van der Waals surface area contributed by atoms with Gasteiger partial charge in [0.1, 0.15) is 0 Å². The van der Waals surface area contributed by atoms with Gasteiger partial charge in [0.25, 0.3) is 0 Å². The van der Waals surface area contributed by atoms with Crippen molar-refractivity contribution in [1.29, 1.82) is 0 Å². The molecule has 0 spiro atoms. The van der Waals surface area contributed by atoms with Gasteiger partial charge in [-0.2, -0.15) is 0 Å². The molecule has 1 N–H and O–H groups in total. The van der Waals surface area contributed by atoms with E-state index in [1.165, 1.54) is 0 Å². The number of ether oxygens (including phenoxy) is 1. The molecule has 2 aromatic rings. The van der Waals surface area contributed by atoms with Crippen LogP contribution in [0.1, 0.15) is 22.8 Å². The summed E-state index contributed by atoms with van der Waals surface area (Å²) in [4.78, 5) is 0. The lowest BCUT2D eigenvalue weighted by atomic mass is 10.0. The zero-order chi connectivity index (χ0) is 14.5. The quantitative estimate of drug-likeness (QED) is 0.886. The third-order valence-electron chi connectivity index (χ3n) is 3.12.